The molecule has 0 atom stereocenters. The van der Waals surface area contributed by atoms with E-state index in [1.165, 1.54) is 48.3 Å². The largest absolute Gasteiger partial charge is 1.00 e. The molecule has 0 aromatic heterocycles. The van der Waals surface area contributed by atoms with Gasteiger partial charge >= 0.3 is 8.68 Å². The Morgan fingerprint density at radius 3 is 0.829 bits per heavy atom. The maximum Gasteiger partial charge on any atom is 1.00 e. The van der Waals surface area contributed by atoms with Crippen molar-refractivity contribution in [3.8, 4) is 0 Å². The van der Waals surface area contributed by atoms with Crippen molar-refractivity contribution < 1.29 is 18.7 Å². The second-order valence-corrected chi connectivity index (χ2v) is 17.7. The van der Waals surface area contributed by atoms with E-state index < -0.39 is 7.25 Å². The molecule has 0 aromatic carbocycles. The Morgan fingerprint density at radius 1 is 0.429 bits per heavy atom. The van der Waals surface area contributed by atoms with Crippen molar-refractivity contribution in [2.45, 2.75) is 164 Å². The highest BCUT2D eigenvalue weighted by atomic mass is 31.1. The molecule has 4 saturated carbocycles. The zero-order chi connectivity index (χ0) is 24.9. The first kappa shape index (κ1) is 30.2. The summed E-state index contributed by atoms with van der Waals surface area (Å²) in [6.07, 6.45) is 38.1. The molecule has 35 heavy (non-hydrogen) atoms. The van der Waals surface area contributed by atoms with Crippen molar-refractivity contribution >= 4 is 23.1 Å². The maximum atomic E-state index is 9.75. The SMILES string of the molecule is C1CCC(P(CCCCP(C2CCCCC2)C2CCCCC2)C2CCCCC2)CC1.F[B-](F)(F)F.[H+]. The van der Waals surface area contributed by atoms with E-state index in [4.69, 9.17) is 0 Å². The lowest BCUT2D eigenvalue weighted by Crippen LogP contribution is -2.23. The van der Waals surface area contributed by atoms with Crippen molar-refractivity contribution in [3.63, 3.8) is 0 Å². The fraction of sp³-hybridized carbons (Fsp3) is 1.00. The van der Waals surface area contributed by atoms with Gasteiger partial charge in [-0.15, -0.1) is 15.8 Å². The minimum atomic E-state index is -6.00. The fourth-order valence-electron chi connectivity index (χ4n) is 7.57. The van der Waals surface area contributed by atoms with E-state index in [0.717, 1.165) is 0 Å². The minimum absolute atomic E-state index is 0. The van der Waals surface area contributed by atoms with E-state index in [1.54, 1.807) is 128 Å². The molecule has 0 radical (unpaired) electrons. The van der Waals surface area contributed by atoms with Gasteiger partial charge in [-0.3, -0.25) is 0 Å². The number of unbranched alkanes of at least 4 members (excludes halogenated alkanes) is 1. The molecule has 206 valence electrons. The predicted octanol–water partition coefficient (Wildman–Crippen LogP) is 11.5. The quantitative estimate of drug-likeness (QED) is 0.119. The van der Waals surface area contributed by atoms with E-state index in [1.807, 2.05) is 0 Å². The van der Waals surface area contributed by atoms with Crippen LogP contribution in [-0.4, -0.2) is 42.2 Å². The standard InChI is InChI=1S/C28H52P2.BF4/c1-5-15-25(16-6-1)29(26-17-7-2-8-18-26)23-13-14-24-30(27-19-9-3-10-20-27)28-21-11-4-12-22-28;2-1(3,4)5/h25-28H,1-24H2;/q;-1/p+1. The van der Waals surface area contributed by atoms with Crippen molar-refractivity contribution in [3.05, 3.63) is 0 Å². The number of halogens is 4. The molecule has 7 heteroatoms. The summed E-state index contributed by atoms with van der Waals surface area (Å²) in [5, 5.41) is 0. The molecule has 4 aliphatic carbocycles. The summed E-state index contributed by atoms with van der Waals surface area (Å²) in [5.41, 5.74) is 4.70. The lowest BCUT2D eigenvalue weighted by Gasteiger charge is -2.40. The van der Waals surface area contributed by atoms with Crippen LogP contribution in [0.1, 0.15) is 143 Å². The third-order valence-electron chi connectivity index (χ3n) is 9.26. The van der Waals surface area contributed by atoms with Crippen molar-refractivity contribution in [1.29, 1.82) is 0 Å². The van der Waals surface area contributed by atoms with Gasteiger partial charge in [0.15, 0.2) is 0 Å². The molecule has 0 amide bonds. The second kappa shape index (κ2) is 16.6. The van der Waals surface area contributed by atoms with Crippen LogP contribution in [0.25, 0.3) is 0 Å². The number of rotatable bonds is 9. The third-order valence-corrected chi connectivity index (χ3v) is 16.7. The van der Waals surface area contributed by atoms with Gasteiger partial charge in [0.2, 0.25) is 0 Å². The normalized spacial score (nSPS) is 24.5. The minimum Gasteiger partial charge on any atom is -0.418 e. The average Bonchev–Trinajstić information content (AvgIpc) is 2.87. The summed E-state index contributed by atoms with van der Waals surface area (Å²) < 4.78 is 39.0. The Balaban J connectivity index is 0.000000694. The lowest BCUT2D eigenvalue weighted by molar-refractivity contribution is 0.368. The Labute approximate surface area is 218 Å². The topological polar surface area (TPSA) is 0 Å². The summed E-state index contributed by atoms with van der Waals surface area (Å²) >= 11 is 0. The van der Waals surface area contributed by atoms with Crippen molar-refractivity contribution in [2.24, 2.45) is 0 Å². The van der Waals surface area contributed by atoms with Gasteiger partial charge in [0.25, 0.3) is 0 Å². The van der Waals surface area contributed by atoms with Gasteiger partial charge in [-0.25, -0.2) is 0 Å². The van der Waals surface area contributed by atoms with Crippen molar-refractivity contribution in [1.82, 2.24) is 0 Å². The zero-order valence-corrected chi connectivity index (χ0v) is 24.1. The van der Waals surface area contributed by atoms with Crippen LogP contribution in [0.15, 0.2) is 0 Å². The first-order chi connectivity index (χ1) is 16.9. The predicted molar refractivity (Wildman–Crippen MR) is 152 cm³/mol. The summed E-state index contributed by atoms with van der Waals surface area (Å²) in [7, 11) is -5.30. The van der Waals surface area contributed by atoms with Gasteiger partial charge in [-0.05, 0) is 99.2 Å². The zero-order valence-electron chi connectivity index (χ0n) is 23.3. The molecule has 0 unspecified atom stereocenters. The van der Waals surface area contributed by atoms with Gasteiger partial charge in [0, 0.05) is 0 Å². The van der Waals surface area contributed by atoms with Gasteiger partial charge in [0.05, 0.1) is 0 Å². The Hall–Kier alpha value is 0.645. The molecule has 0 nitrogen and oxygen atoms in total. The first-order valence-corrected chi connectivity index (χ1v) is 18.6. The van der Waals surface area contributed by atoms with Gasteiger partial charge in [-0.2, -0.15) is 0 Å². The molecule has 0 heterocycles. The molecule has 4 rings (SSSR count). The monoisotopic (exact) mass is 538 g/mol. The Kier molecular flexibility index (Phi) is 14.3. The van der Waals surface area contributed by atoms with Crippen LogP contribution >= 0.6 is 15.8 Å². The first-order valence-electron chi connectivity index (χ1n) is 15.3. The molecule has 0 aromatic rings. The average molecular weight is 538 g/mol. The third kappa shape index (κ3) is 11.9. The van der Waals surface area contributed by atoms with Gasteiger partial charge < -0.3 is 17.3 Å². The van der Waals surface area contributed by atoms with E-state index in [2.05, 4.69) is 0 Å². The molecule has 4 fully saturated rings. The molecular formula is C28H53BF4P2. The summed E-state index contributed by atoms with van der Waals surface area (Å²) in [6.45, 7) is 0. The molecule has 0 aliphatic heterocycles. The number of hydrogen-bond donors (Lipinski definition) is 0. The molecule has 0 bridgehead atoms. The summed E-state index contributed by atoms with van der Waals surface area (Å²) in [4.78, 5) is 0. The summed E-state index contributed by atoms with van der Waals surface area (Å²) in [5.74, 6) is 0. The smallest absolute Gasteiger partial charge is 0.418 e. The Bertz CT molecular complexity index is 460. The number of hydrogen-bond acceptors (Lipinski definition) is 0. The highest BCUT2D eigenvalue weighted by Crippen LogP contribution is 2.58. The molecule has 0 spiro atoms. The second-order valence-electron chi connectivity index (χ2n) is 11.8. The van der Waals surface area contributed by atoms with Gasteiger partial charge in [-0.1, -0.05) is 77.0 Å². The molecule has 0 saturated heterocycles. The van der Waals surface area contributed by atoms with Crippen LogP contribution < -0.4 is 0 Å². The van der Waals surface area contributed by atoms with Crippen LogP contribution in [0.2, 0.25) is 0 Å². The van der Waals surface area contributed by atoms with E-state index in [0.29, 0.717) is 15.8 Å². The lowest BCUT2D eigenvalue weighted by atomic mass is 9.99. The van der Waals surface area contributed by atoms with Gasteiger partial charge in [0.1, 0.15) is 0 Å². The molecule has 4 aliphatic rings. The fourth-order valence-corrected chi connectivity index (χ4v) is 15.5. The molecular weight excluding hydrogens is 485 g/mol. The van der Waals surface area contributed by atoms with E-state index >= 15 is 0 Å². The summed E-state index contributed by atoms with van der Waals surface area (Å²) in [6, 6.07) is 0. The van der Waals surface area contributed by atoms with Crippen LogP contribution in [0.5, 0.6) is 0 Å². The van der Waals surface area contributed by atoms with Crippen LogP contribution in [0, 0.1) is 0 Å². The highest BCUT2D eigenvalue weighted by molar-refractivity contribution is 7.59. The maximum absolute atomic E-state index is 9.75. The van der Waals surface area contributed by atoms with Crippen molar-refractivity contribution in [2.75, 3.05) is 12.3 Å². The van der Waals surface area contributed by atoms with E-state index in [9.17, 15) is 17.3 Å². The van der Waals surface area contributed by atoms with Crippen LogP contribution in [-0.2, 0) is 0 Å². The van der Waals surface area contributed by atoms with Crippen LogP contribution in [0.4, 0.5) is 17.3 Å². The van der Waals surface area contributed by atoms with E-state index in [-0.39, 0.29) is 1.43 Å². The molecule has 0 N–H and O–H groups in total. The highest BCUT2D eigenvalue weighted by Gasteiger charge is 2.32. The Morgan fingerprint density at radius 2 is 0.629 bits per heavy atom. The van der Waals surface area contributed by atoms with Crippen LogP contribution in [0.3, 0.4) is 0 Å².